The van der Waals surface area contributed by atoms with Crippen LogP contribution in [0.1, 0.15) is 41.3 Å². The predicted octanol–water partition coefficient (Wildman–Crippen LogP) is 3.12. The van der Waals surface area contributed by atoms with E-state index >= 15 is 0 Å². The van der Waals surface area contributed by atoms with Gasteiger partial charge >= 0.3 is 0 Å². The number of aryl methyl sites for hydroxylation is 1. The Morgan fingerprint density at radius 2 is 2.15 bits per heavy atom. The lowest BCUT2D eigenvalue weighted by Crippen LogP contribution is -2.25. The fourth-order valence-electron chi connectivity index (χ4n) is 2.88. The van der Waals surface area contributed by atoms with E-state index in [2.05, 4.69) is 40.6 Å². The summed E-state index contributed by atoms with van der Waals surface area (Å²) in [7, 11) is 0. The lowest BCUT2D eigenvalue weighted by molar-refractivity contribution is 0.458. The van der Waals surface area contributed by atoms with E-state index in [1.54, 1.807) is 6.20 Å². The van der Waals surface area contributed by atoms with Gasteiger partial charge in [-0.15, -0.1) is 0 Å². The van der Waals surface area contributed by atoms with E-state index in [4.69, 9.17) is 5.26 Å². The minimum Gasteiger partial charge on any atom is -0.306 e. The average molecular weight is 263 g/mol. The normalized spacial score (nSPS) is 17.2. The molecule has 3 heteroatoms. The number of nitrogens with one attached hydrogen (secondary N) is 1. The molecule has 0 fully saturated rings. The number of hydrogen-bond acceptors (Lipinski definition) is 3. The molecule has 0 aliphatic heterocycles. The maximum atomic E-state index is 9.07. The van der Waals surface area contributed by atoms with E-state index in [1.165, 1.54) is 24.0 Å². The Labute approximate surface area is 119 Å². The summed E-state index contributed by atoms with van der Waals surface area (Å²) in [5, 5.41) is 12.7. The smallest absolute Gasteiger partial charge is 0.144 e. The molecule has 1 atom stereocenters. The second-order valence-electron chi connectivity index (χ2n) is 5.15. The molecule has 20 heavy (non-hydrogen) atoms. The van der Waals surface area contributed by atoms with Gasteiger partial charge < -0.3 is 5.32 Å². The van der Waals surface area contributed by atoms with Crippen molar-refractivity contribution < 1.29 is 0 Å². The average Bonchev–Trinajstić information content (AvgIpc) is 2.53. The fraction of sp³-hybridized carbons (Fsp3) is 0.294. The summed E-state index contributed by atoms with van der Waals surface area (Å²) >= 11 is 0. The number of benzene rings is 1. The third-order valence-corrected chi connectivity index (χ3v) is 3.91. The van der Waals surface area contributed by atoms with E-state index in [1.807, 2.05) is 12.1 Å². The molecule has 1 aromatic heterocycles. The van der Waals surface area contributed by atoms with E-state index in [-0.39, 0.29) is 0 Å². The van der Waals surface area contributed by atoms with Crippen molar-refractivity contribution in [2.75, 3.05) is 0 Å². The van der Waals surface area contributed by atoms with Crippen molar-refractivity contribution in [1.82, 2.24) is 10.3 Å². The van der Waals surface area contributed by atoms with Crippen LogP contribution in [0.15, 0.2) is 42.6 Å². The van der Waals surface area contributed by atoms with Crippen LogP contribution in [0, 0.1) is 11.3 Å². The molecule has 3 rings (SSSR count). The van der Waals surface area contributed by atoms with Crippen LogP contribution in [0.2, 0.25) is 0 Å². The summed E-state index contributed by atoms with van der Waals surface area (Å²) in [6.07, 6.45) is 5.20. The summed E-state index contributed by atoms with van der Waals surface area (Å²) in [5.74, 6) is 0. The molecular weight excluding hydrogens is 246 g/mol. The van der Waals surface area contributed by atoms with Crippen LogP contribution in [-0.2, 0) is 13.0 Å². The van der Waals surface area contributed by atoms with Gasteiger partial charge in [0.15, 0.2) is 0 Å². The zero-order valence-electron chi connectivity index (χ0n) is 11.3. The first-order valence-electron chi connectivity index (χ1n) is 7.03. The second-order valence-corrected chi connectivity index (χ2v) is 5.15. The van der Waals surface area contributed by atoms with Gasteiger partial charge in [-0.3, -0.25) is 0 Å². The van der Waals surface area contributed by atoms with Crippen molar-refractivity contribution in [3.63, 3.8) is 0 Å². The standard InChI is InChI=1S/C17H17N3/c18-11-17-14(7-4-10-19-17)12-20-16-9-3-6-13-5-1-2-8-15(13)16/h1-2,4-5,7-8,10,16,20H,3,6,9,12H2. The van der Waals surface area contributed by atoms with Crippen LogP contribution in [0.3, 0.4) is 0 Å². The number of pyridine rings is 1. The summed E-state index contributed by atoms with van der Waals surface area (Å²) in [5.41, 5.74) is 4.34. The van der Waals surface area contributed by atoms with Gasteiger partial charge in [-0.25, -0.2) is 4.98 Å². The molecule has 0 bridgehead atoms. The van der Waals surface area contributed by atoms with Crippen LogP contribution in [0.25, 0.3) is 0 Å². The second kappa shape index (κ2) is 5.85. The molecule has 0 saturated heterocycles. The highest BCUT2D eigenvalue weighted by Crippen LogP contribution is 2.29. The Kier molecular flexibility index (Phi) is 3.76. The highest BCUT2D eigenvalue weighted by molar-refractivity contribution is 5.33. The minimum absolute atomic E-state index is 0.381. The SMILES string of the molecule is N#Cc1ncccc1CNC1CCCc2ccccc21. The third-order valence-electron chi connectivity index (χ3n) is 3.91. The van der Waals surface area contributed by atoms with Gasteiger partial charge in [-0.05, 0) is 36.5 Å². The summed E-state index contributed by atoms with van der Waals surface area (Å²) in [4.78, 5) is 4.10. The Balaban J connectivity index is 1.75. The number of fused-ring (bicyclic) bond motifs is 1. The highest BCUT2D eigenvalue weighted by Gasteiger charge is 2.19. The number of aromatic nitrogens is 1. The Morgan fingerprint density at radius 3 is 3.05 bits per heavy atom. The van der Waals surface area contributed by atoms with Crippen molar-refractivity contribution in [3.8, 4) is 6.07 Å². The van der Waals surface area contributed by atoms with Gasteiger partial charge in [0, 0.05) is 24.3 Å². The molecule has 2 aromatic rings. The quantitative estimate of drug-likeness (QED) is 0.925. The molecule has 1 aliphatic carbocycles. The van der Waals surface area contributed by atoms with E-state index in [9.17, 15) is 0 Å². The molecule has 0 saturated carbocycles. The van der Waals surface area contributed by atoms with Crippen molar-refractivity contribution in [1.29, 1.82) is 5.26 Å². The van der Waals surface area contributed by atoms with Gasteiger partial charge in [0.25, 0.3) is 0 Å². The van der Waals surface area contributed by atoms with E-state index < -0.39 is 0 Å². The van der Waals surface area contributed by atoms with Crippen LogP contribution < -0.4 is 5.32 Å². The maximum Gasteiger partial charge on any atom is 0.144 e. The number of rotatable bonds is 3. The molecule has 0 amide bonds. The number of nitrogens with zero attached hydrogens (tertiary/aromatic N) is 2. The monoisotopic (exact) mass is 263 g/mol. The van der Waals surface area contributed by atoms with Crippen molar-refractivity contribution >= 4 is 0 Å². The Hall–Kier alpha value is -2.18. The topological polar surface area (TPSA) is 48.7 Å². The van der Waals surface area contributed by atoms with Crippen LogP contribution in [-0.4, -0.2) is 4.98 Å². The molecule has 1 aliphatic rings. The number of nitriles is 1. The van der Waals surface area contributed by atoms with Gasteiger partial charge in [0.2, 0.25) is 0 Å². The van der Waals surface area contributed by atoms with Gasteiger partial charge in [-0.1, -0.05) is 30.3 Å². The first-order chi connectivity index (χ1) is 9.88. The lowest BCUT2D eigenvalue weighted by atomic mass is 9.87. The van der Waals surface area contributed by atoms with Gasteiger partial charge in [0.1, 0.15) is 11.8 Å². The zero-order valence-corrected chi connectivity index (χ0v) is 11.3. The first kappa shape index (κ1) is 12.8. The predicted molar refractivity (Wildman–Crippen MR) is 77.9 cm³/mol. The largest absolute Gasteiger partial charge is 0.306 e. The third kappa shape index (κ3) is 2.56. The Morgan fingerprint density at radius 1 is 1.25 bits per heavy atom. The van der Waals surface area contributed by atoms with Crippen LogP contribution in [0.5, 0.6) is 0 Å². The molecule has 1 unspecified atom stereocenters. The lowest BCUT2D eigenvalue weighted by Gasteiger charge is -2.26. The highest BCUT2D eigenvalue weighted by atomic mass is 14.9. The molecule has 1 N–H and O–H groups in total. The van der Waals surface area contributed by atoms with Gasteiger partial charge in [0.05, 0.1) is 0 Å². The van der Waals surface area contributed by atoms with E-state index in [0.29, 0.717) is 18.3 Å². The minimum atomic E-state index is 0.381. The fourth-order valence-corrected chi connectivity index (χ4v) is 2.88. The van der Waals surface area contributed by atoms with Gasteiger partial charge in [-0.2, -0.15) is 5.26 Å². The van der Waals surface area contributed by atoms with Crippen molar-refractivity contribution in [2.24, 2.45) is 0 Å². The molecule has 0 spiro atoms. The number of hydrogen-bond donors (Lipinski definition) is 1. The zero-order chi connectivity index (χ0) is 13.8. The molecule has 1 heterocycles. The first-order valence-corrected chi connectivity index (χ1v) is 7.03. The maximum absolute atomic E-state index is 9.07. The van der Waals surface area contributed by atoms with Crippen molar-refractivity contribution in [3.05, 3.63) is 65.0 Å². The summed E-state index contributed by atoms with van der Waals surface area (Å²) in [6, 6.07) is 15.0. The summed E-state index contributed by atoms with van der Waals surface area (Å²) in [6.45, 7) is 0.690. The molecule has 100 valence electrons. The molecule has 3 nitrogen and oxygen atoms in total. The van der Waals surface area contributed by atoms with Crippen molar-refractivity contribution in [2.45, 2.75) is 31.8 Å². The summed E-state index contributed by atoms with van der Waals surface area (Å²) < 4.78 is 0. The van der Waals surface area contributed by atoms with Crippen LogP contribution in [0.4, 0.5) is 0 Å². The molecule has 0 radical (unpaired) electrons. The molecule has 1 aromatic carbocycles. The van der Waals surface area contributed by atoms with Crippen LogP contribution >= 0.6 is 0 Å². The Bertz CT molecular complexity index is 643. The molecular formula is C17H17N3. The van der Waals surface area contributed by atoms with E-state index in [0.717, 1.165) is 12.0 Å².